The Morgan fingerprint density at radius 2 is 1.82 bits per heavy atom. The van der Waals surface area contributed by atoms with Gasteiger partial charge < -0.3 is 10.6 Å². The SMILES string of the molecule is O.O=C(O)CCC/C=C\C[C@H]1[C@@H]2CC[C@@H](C2)[C@@H]1NS(=O)(=O)c1ccccc1.[Ca+2]. The average Bonchev–Trinajstić information content (AvgIpc) is 3.20. The van der Waals surface area contributed by atoms with Crippen molar-refractivity contribution >= 4 is 53.7 Å². The molecule has 2 bridgehead atoms. The van der Waals surface area contributed by atoms with Gasteiger partial charge in [0, 0.05) is 12.5 Å². The third kappa shape index (κ3) is 6.54. The van der Waals surface area contributed by atoms with Crippen molar-refractivity contribution in [3.05, 3.63) is 42.5 Å². The first-order valence-electron chi connectivity index (χ1n) is 9.41. The van der Waals surface area contributed by atoms with Crippen LogP contribution in [0.25, 0.3) is 0 Å². The Labute approximate surface area is 197 Å². The van der Waals surface area contributed by atoms with Gasteiger partial charge in [-0.15, -0.1) is 0 Å². The summed E-state index contributed by atoms with van der Waals surface area (Å²) in [5.74, 6) is 0.598. The van der Waals surface area contributed by atoms with Crippen molar-refractivity contribution in [2.45, 2.75) is 55.9 Å². The van der Waals surface area contributed by atoms with Gasteiger partial charge in [0.05, 0.1) is 4.90 Å². The number of benzene rings is 1. The molecule has 150 valence electrons. The normalized spacial score (nSPS) is 26.0. The van der Waals surface area contributed by atoms with Gasteiger partial charge in [0.2, 0.25) is 10.0 Å². The van der Waals surface area contributed by atoms with Crippen molar-refractivity contribution in [1.29, 1.82) is 0 Å². The molecule has 28 heavy (non-hydrogen) atoms. The molecule has 2 fully saturated rings. The molecule has 2 saturated carbocycles. The van der Waals surface area contributed by atoms with Crippen molar-refractivity contribution in [3.63, 3.8) is 0 Å². The molecule has 1 aromatic carbocycles. The molecular formula is C20H29CaNO5S+2. The summed E-state index contributed by atoms with van der Waals surface area (Å²) in [4.78, 5) is 10.9. The molecule has 0 heterocycles. The quantitative estimate of drug-likeness (QED) is 0.352. The van der Waals surface area contributed by atoms with Gasteiger partial charge in [-0.3, -0.25) is 4.79 Å². The molecule has 1 aromatic rings. The second-order valence-electron chi connectivity index (χ2n) is 7.45. The number of carboxylic acid groups (broad SMARTS) is 1. The number of hydrogen-bond donors (Lipinski definition) is 2. The third-order valence-corrected chi connectivity index (χ3v) is 7.24. The zero-order valence-corrected chi connectivity index (χ0v) is 19.1. The number of carbonyl (C=O) groups is 1. The standard InChI is InChI=1S/C20H27NO4S.Ca.H2O/c22-19(23)11-7-2-1-6-10-18-15-12-13-16(14-15)20(18)21-26(24,25)17-8-4-3-5-9-17;;/h1,3-6,8-9,15-16,18,20-21H,2,7,10-14H2,(H,22,23);;1H2/q;+2;/b6-1-;;/t15-,16+,18+,20+;;/m1../s1. The fraction of sp³-hybridized carbons (Fsp3) is 0.550. The number of unbranched alkanes of at least 4 members (excludes halogenated alkanes) is 1. The van der Waals surface area contributed by atoms with E-state index in [0.29, 0.717) is 29.1 Å². The van der Waals surface area contributed by atoms with Crippen LogP contribution in [0, 0.1) is 17.8 Å². The van der Waals surface area contributed by atoms with E-state index in [0.717, 1.165) is 25.7 Å². The van der Waals surface area contributed by atoms with Crippen LogP contribution >= 0.6 is 0 Å². The molecule has 0 saturated heterocycles. The van der Waals surface area contributed by atoms with E-state index >= 15 is 0 Å². The number of rotatable bonds is 9. The van der Waals surface area contributed by atoms with Crippen LogP contribution < -0.4 is 4.72 Å². The van der Waals surface area contributed by atoms with E-state index < -0.39 is 16.0 Å². The van der Waals surface area contributed by atoms with E-state index in [1.165, 1.54) is 6.42 Å². The molecule has 0 amide bonds. The molecular weight excluding hydrogens is 406 g/mol. The summed E-state index contributed by atoms with van der Waals surface area (Å²) in [7, 11) is -3.49. The second kappa shape index (κ2) is 11.7. The fourth-order valence-electron chi connectivity index (χ4n) is 4.52. The van der Waals surface area contributed by atoms with E-state index in [4.69, 9.17) is 5.11 Å². The smallest absolute Gasteiger partial charge is 0.481 e. The van der Waals surface area contributed by atoms with Crippen molar-refractivity contribution in [2.24, 2.45) is 17.8 Å². The molecule has 2 aliphatic carbocycles. The Kier molecular flexibility index (Phi) is 10.7. The maximum atomic E-state index is 12.7. The summed E-state index contributed by atoms with van der Waals surface area (Å²) in [6.07, 6.45) is 10.00. The van der Waals surface area contributed by atoms with E-state index in [-0.39, 0.29) is 55.7 Å². The first kappa shape index (κ1) is 25.6. The van der Waals surface area contributed by atoms with E-state index in [9.17, 15) is 13.2 Å². The third-order valence-electron chi connectivity index (χ3n) is 5.77. The van der Waals surface area contributed by atoms with Crippen LogP contribution in [0.4, 0.5) is 0 Å². The second-order valence-corrected chi connectivity index (χ2v) is 9.16. The van der Waals surface area contributed by atoms with E-state index in [1.807, 2.05) is 12.1 Å². The molecule has 8 heteroatoms. The Morgan fingerprint density at radius 3 is 2.50 bits per heavy atom. The molecule has 4 N–H and O–H groups in total. The fourth-order valence-corrected chi connectivity index (χ4v) is 5.90. The summed E-state index contributed by atoms with van der Waals surface area (Å²) in [6.45, 7) is 0. The number of aliphatic carboxylic acids is 1. The number of hydrogen-bond acceptors (Lipinski definition) is 3. The average molecular weight is 436 g/mol. The van der Waals surface area contributed by atoms with Crippen molar-refractivity contribution in [3.8, 4) is 0 Å². The van der Waals surface area contributed by atoms with Crippen molar-refractivity contribution in [2.75, 3.05) is 0 Å². The maximum absolute atomic E-state index is 12.7. The van der Waals surface area contributed by atoms with Gasteiger partial charge in [0.25, 0.3) is 0 Å². The zero-order chi connectivity index (χ0) is 18.6. The van der Waals surface area contributed by atoms with E-state index in [1.54, 1.807) is 24.3 Å². The molecule has 6 nitrogen and oxygen atoms in total. The molecule has 0 spiro atoms. The number of nitrogens with one attached hydrogen (secondary N) is 1. The first-order valence-corrected chi connectivity index (χ1v) is 10.9. The maximum Gasteiger partial charge on any atom is 2.00 e. The monoisotopic (exact) mass is 435 g/mol. The predicted molar refractivity (Wildman–Crippen MR) is 109 cm³/mol. The molecule has 0 unspecified atom stereocenters. The summed E-state index contributed by atoms with van der Waals surface area (Å²) < 4.78 is 28.4. The number of carboxylic acids is 1. The van der Waals surface area contributed by atoms with Crippen LogP contribution in [-0.4, -0.2) is 68.7 Å². The number of fused-ring (bicyclic) bond motifs is 2. The Morgan fingerprint density at radius 1 is 1.14 bits per heavy atom. The van der Waals surface area contributed by atoms with Crippen LogP contribution in [-0.2, 0) is 14.8 Å². The van der Waals surface area contributed by atoms with Crippen LogP contribution in [0.3, 0.4) is 0 Å². The number of allylic oxidation sites excluding steroid dienone is 2. The summed E-state index contributed by atoms with van der Waals surface area (Å²) in [5.41, 5.74) is 0. The predicted octanol–water partition coefficient (Wildman–Crippen LogP) is 2.38. The molecule has 2 aliphatic rings. The van der Waals surface area contributed by atoms with Gasteiger partial charge in [-0.1, -0.05) is 30.4 Å². The van der Waals surface area contributed by atoms with Crippen molar-refractivity contribution < 1.29 is 23.8 Å². The molecule has 4 atom stereocenters. The van der Waals surface area contributed by atoms with Crippen molar-refractivity contribution in [1.82, 2.24) is 4.72 Å². The minimum Gasteiger partial charge on any atom is -0.481 e. The van der Waals surface area contributed by atoms with Gasteiger partial charge in [0.15, 0.2) is 0 Å². The van der Waals surface area contributed by atoms with Gasteiger partial charge in [-0.05, 0) is 68.4 Å². The van der Waals surface area contributed by atoms with Crippen LogP contribution in [0.15, 0.2) is 47.4 Å². The van der Waals surface area contributed by atoms with Crippen LogP contribution in [0.5, 0.6) is 0 Å². The minimum atomic E-state index is -3.49. The van der Waals surface area contributed by atoms with Gasteiger partial charge in [-0.25, -0.2) is 13.1 Å². The molecule has 0 aromatic heterocycles. The number of sulfonamides is 1. The molecule has 3 rings (SSSR count). The Bertz CT molecular complexity index is 753. The summed E-state index contributed by atoms with van der Waals surface area (Å²) in [6, 6.07) is 8.57. The summed E-state index contributed by atoms with van der Waals surface area (Å²) >= 11 is 0. The minimum absolute atomic E-state index is 0. The topological polar surface area (TPSA) is 115 Å². The summed E-state index contributed by atoms with van der Waals surface area (Å²) in [5, 5.41) is 8.66. The van der Waals surface area contributed by atoms with Crippen LogP contribution in [0.1, 0.15) is 44.9 Å². The zero-order valence-electron chi connectivity index (χ0n) is 16.1. The Balaban J connectivity index is 0.00000196. The molecule has 0 aliphatic heterocycles. The van der Waals surface area contributed by atoms with E-state index in [2.05, 4.69) is 10.8 Å². The van der Waals surface area contributed by atoms with Gasteiger partial charge >= 0.3 is 43.7 Å². The van der Waals surface area contributed by atoms with Crippen LogP contribution in [0.2, 0.25) is 0 Å². The Hall–Kier alpha value is -0.440. The van der Waals surface area contributed by atoms with Gasteiger partial charge in [0.1, 0.15) is 0 Å². The molecule has 0 radical (unpaired) electrons. The van der Waals surface area contributed by atoms with Gasteiger partial charge in [-0.2, -0.15) is 0 Å². The first-order chi connectivity index (χ1) is 12.5. The largest absolute Gasteiger partial charge is 2.00 e.